The van der Waals surface area contributed by atoms with Crippen LogP contribution in [0.2, 0.25) is 0 Å². The van der Waals surface area contributed by atoms with Gasteiger partial charge in [-0.3, -0.25) is 0 Å². The quantitative estimate of drug-likeness (QED) is 0.102. The smallest absolute Gasteiger partial charge is 0.210 e. The molecule has 0 aliphatic carbocycles. The predicted molar refractivity (Wildman–Crippen MR) is 227 cm³/mol. The molecule has 6 aromatic carbocycles. The average Bonchev–Trinajstić information content (AvgIpc) is 3.54. The Kier molecular flexibility index (Phi) is 9.31. The highest BCUT2D eigenvalue weighted by molar-refractivity contribution is 6.07. The number of anilines is 1. The zero-order valence-electron chi connectivity index (χ0n) is 31.5. The van der Waals surface area contributed by atoms with Gasteiger partial charge < -0.3 is 4.90 Å². The SMILES string of the molecule is CC1(C)C(=CC=CC=CC=CC2=[N+](CCc3ccccc3)c3ccc4ccccc4c3C2(C)C)N(CCc2ccccc2)c2ccc3ccccc3c21. The van der Waals surface area contributed by atoms with Crippen LogP contribution in [0, 0.1) is 0 Å². The second kappa shape index (κ2) is 14.4. The molecule has 6 aromatic rings. The topological polar surface area (TPSA) is 6.25 Å². The van der Waals surface area contributed by atoms with E-state index in [0.717, 1.165) is 25.9 Å². The molecule has 0 atom stereocenters. The van der Waals surface area contributed by atoms with Gasteiger partial charge >= 0.3 is 0 Å². The van der Waals surface area contributed by atoms with E-state index in [2.05, 4.69) is 213 Å². The predicted octanol–water partition coefficient (Wildman–Crippen LogP) is 12.2. The molecular weight excluding hydrogens is 641 g/mol. The van der Waals surface area contributed by atoms with Crippen molar-refractivity contribution < 1.29 is 4.58 Å². The Balaban J connectivity index is 1.07. The Morgan fingerprint density at radius 2 is 1.09 bits per heavy atom. The summed E-state index contributed by atoms with van der Waals surface area (Å²) in [5.74, 6) is 0. The van der Waals surface area contributed by atoms with Crippen molar-refractivity contribution in [2.75, 3.05) is 18.0 Å². The number of hydrogen-bond donors (Lipinski definition) is 0. The molecule has 0 radical (unpaired) electrons. The Hall–Kier alpha value is -5.73. The first kappa shape index (κ1) is 34.4. The van der Waals surface area contributed by atoms with E-state index in [4.69, 9.17) is 0 Å². The van der Waals surface area contributed by atoms with Gasteiger partial charge in [0.05, 0.1) is 5.41 Å². The third kappa shape index (κ3) is 6.48. The monoisotopic (exact) mass is 689 g/mol. The summed E-state index contributed by atoms with van der Waals surface area (Å²) in [5.41, 5.74) is 10.6. The second-order valence-electron chi connectivity index (χ2n) is 15.5. The lowest BCUT2D eigenvalue weighted by atomic mass is 9.79. The molecule has 2 aliphatic heterocycles. The van der Waals surface area contributed by atoms with Crippen LogP contribution in [0.5, 0.6) is 0 Å². The van der Waals surface area contributed by atoms with E-state index < -0.39 is 0 Å². The number of benzene rings is 6. The zero-order chi connectivity index (χ0) is 36.4. The first-order chi connectivity index (χ1) is 25.8. The molecule has 0 fully saturated rings. The Bertz CT molecular complexity index is 2440. The minimum absolute atomic E-state index is 0.131. The van der Waals surface area contributed by atoms with Gasteiger partial charge in [-0.25, -0.2) is 0 Å². The van der Waals surface area contributed by atoms with Crippen LogP contribution in [-0.4, -0.2) is 23.4 Å². The van der Waals surface area contributed by atoms with Crippen molar-refractivity contribution in [3.8, 4) is 0 Å². The van der Waals surface area contributed by atoms with Crippen LogP contribution in [0.15, 0.2) is 182 Å². The fourth-order valence-electron chi connectivity index (χ4n) is 8.81. The second-order valence-corrected chi connectivity index (χ2v) is 15.5. The van der Waals surface area contributed by atoms with Gasteiger partial charge in [-0.2, -0.15) is 4.58 Å². The summed E-state index contributed by atoms with van der Waals surface area (Å²) < 4.78 is 2.55. The van der Waals surface area contributed by atoms with Crippen LogP contribution in [-0.2, 0) is 23.7 Å². The van der Waals surface area contributed by atoms with E-state index in [0.29, 0.717) is 0 Å². The van der Waals surface area contributed by atoms with Crippen molar-refractivity contribution in [1.29, 1.82) is 0 Å². The summed E-state index contributed by atoms with van der Waals surface area (Å²) in [4.78, 5) is 2.55. The lowest BCUT2D eigenvalue weighted by Crippen LogP contribution is -2.28. The van der Waals surface area contributed by atoms with Gasteiger partial charge in [-0.05, 0) is 76.7 Å². The highest BCUT2D eigenvalue weighted by Crippen LogP contribution is 2.51. The van der Waals surface area contributed by atoms with Gasteiger partial charge in [0.25, 0.3) is 0 Å². The molecule has 262 valence electrons. The van der Waals surface area contributed by atoms with Crippen molar-refractivity contribution >= 4 is 38.6 Å². The lowest BCUT2D eigenvalue weighted by molar-refractivity contribution is -0.436. The van der Waals surface area contributed by atoms with Gasteiger partial charge in [0.1, 0.15) is 0 Å². The first-order valence-corrected chi connectivity index (χ1v) is 19.1. The molecule has 0 N–H and O–H groups in total. The highest BCUT2D eigenvalue weighted by atomic mass is 15.2. The van der Waals surface area contributed by atoms with Crippen molar-refractivity contribution in [3.63, 3.8) is 0 Å². The molecule has 2 nitrogen and oxygen atoms in total. The molecule has 0 unspecified atom stereocenters. The van der Waals surface area contributed by atoms with E-state index in [1.165, 1.54) is 66.6 Å². The number of hydrogen-bond acceptors (Lipinski definition) is 1. The molecule has 0 bridgehead atoms. The Labute approximate surface area is 315 Å². The fraction of sp³-hybridized carbons (Fsp3) is 0.196. The summed E-state index contributed by atoms with van der Waals surface area (Å²) >= 11 is 0. The zero-order valence-corrected chi connectivity index (χ0v) is 31.5. The number of nitrogens with zero attached hydrogens (tertiary/aromatic N) is 2. The van der Waals surface area contributed by atoms with E-state index in [1.54, 1.807) is 0 Å². The fourth-order valence-corrected chi connectivity index (χ4v) is 8.81. The number of allylic oxidation sites excluding steroid dienone is 8. The summed E-state index contributed by atoms with van der Waals surface area (Å²) in [6.45, 7) is 11.4. The van der Waals surface area contributed by atoms with Gasteiger partial charge in [0.15, 0.2) is 12.3 Å². The number of fused-ring (bicyclic) bond motifs is 6. The molecule has 53 heavy (non-hydrogen) atoms. The maximum absolute atomic E-state index is 2.55. The average molecular weight is 690 g/mol. The molecule has 8 rings (SSSR count). The molecule has 0 amide bonds. The third-order valence-corrected chi connectivity index (χ3v) is 11.4. The van der Waals surface area contributed by atoms with Gasteiger partial charge in [0.2, 0.25) is 5.69 Å². The highest BCUT2D eigenvalue weighted by Gasteiger charge is 2.45. The molecule has 2 heteroatoms. The summed E-state index contributed by atoms with van der Waals surface area (Å²) in [5, 5.41) is 5.29. The van der Waals surface area contributed by atoms with Crippen LogP contribution in [0.4, 0.5) is 11.4 Å². The third-order valence-electron chi connectivity index (χ3n) is 11.4. The molecule has 0 aromatic heterocycles. The van der Waals surface area contributed by atoms with Gasteiger partial charge in [-0.15, -0.1) is 0 Å². The summed E-state index contributed by atoms with van der Waals surface area (Å²) in [6, 6.07) is 48.5. The van der Waals surface area contributed by atoms with E-state index in [9.17, 15) is 0 Å². The van der Waals surface area contributed by atoms with Crippen molar-refractivity contribution in [1.82, 2.24) is 0 Å². The molecule has 0 spiro atoms. The van der Waals surface area contributed by atoms with Crippen LogP contribution in [0.3, 0.4) is 0 Å². The summed E-state index contributed by atoms with van der Waals surface area (Å²) in [6.07, 6.45) is 17.6. The Morgan fingerprint density at radius 1 is 0.528 bits per heavy atom. The maximum atomic E-state index is 2.55. The minimum atomic E-state index is -0.131. The largest absolute Gasteiger partial charge is 0.344 e. The van der Waals surface area contributed by atoms with Crippen LogP contribution in [0.1, 0.15) is 49.9 Å². The van der Waals surface area contributed by atoms with Gasteiger partial charge in [-0.1, -0.05) is 159 Å². The first-order valence-electron chi connectivity index (χ1n) is 19.1. The Morgan fingerprint density at radius 3 is 1.79 bits per heavy atom. The normalized spacial score (nSPS) is 17.0. The summed E-state index contributed by atoms with van der Waals surface area (Å²) in [7, 11) is 0. The maximum Gasteiger partial charge on any atom is 0.210 e. The van der Waals surface area contributed by atoms with Crippen molar-refractivity contribution in [2.24, 2.45) is 0 Å². The van der Waals surface area contributed by atoms with Crippen LogP contribution >= 0.6 is 0 Å². The van der Waals surface area contributed by atoms with Crippen LogP contribution < -0.4 is 4.90 Å². The molecule has 2 aliphatic rings. The number of rotatable bonds is 10. The lowest BCUT2D eigenvalue weighted by Gasteiger charge is -2.27. The van der Waals surface area contributed by atoms with Crippen molar-refractivity contribution in [2.45, 2.75) is 51.4 Å². The molecular formula is C51H49N2+. The molecule has 0 saturated carbocycles. The van der Waals surface area contributed by atoms with E-state index >= 15 is 0 Å². The minimum Gasteiger partial charge on any atom is -0.344 e. The van der Waals surface area contributed by atoms with Crippen LogP contribution in [0.25, 0.3) is 21.5 Å². The molecule has 0 saturated heterocycles. The molecule has 2 heterocycles. The van der Waals surface area contributed by atoms with Crippen molar-refractivity contribution in [3.05, 3.63) is 204 Å². The standard InChI is InChI=1S/C51H49N2/c1-50(2)46(52(36-34-38-20-10-8-11-21-38)44-32-30-40-24-16-18-26-42(40)48(44)50)28-14-6-5-7-15-29-47-51(3,4)49-43-27-19-17-25-41(43)31-33-45(49)53(47)37-35-39-22-12-9-13-23-39/h5-33H,34-37H2,1-4H3/q+1. The van der Waals surface area contributed by atoms with Gasteiger partial charge in [0, 0.05) is 47.5 Å². The van der Waals surface area contributed by atoms with E-state index in [1.807, 2.05) is 0 Å². The van der Waals surface area contributed by atoms with E-state index in [-0.39, 0.29) is 10.8 Å².